The van der Waals surface area contributed by atoms with Gasteiger partial charge >= 0.3 is 0 Å². The second kappa shape index (κ2) is 10.3. The van der Waals surface area contributed by atoms with Crippen molar-refractivity contribution in [3.8, 4) is 5.75 Å². The minimum atomic E-state index is -0.370. The Balaban J connectivity index is 1.91. The van der Waals surface area contributed by atoms with Gasteiger partial charge in [-0.1, -0.05) is 19.1 Å². The van der Waals surface area contributed by atoms with Crippen LogP contribution < -0.4 is 26.0 Å². The van der Waals surface area contributed by atoms with Crippen LogP contribution in [-0.2, 0) is 4.79 Å². The van der Waals surface area contributed by atoms with E-state index in [2.05, 4.69) is 21.3 Å². The molecule has 0 saturated heterocycles. The Morgan fingerprint density at radius 1 is 0.893 bits per heavy atom. The summed E-state index contributed by atoms with van der Waals surface area (Å²) in [5, 5.41) is 11.4. The largest absolute Gasteiger partial charge is 0.496 e. The Morgan fingerprint density at radius 2 is 1.43 bits per heavy atom. The van der Waals surface area contributed by atoms with Crippen molar-refractivity contribution in [2.45, 2.75) is 13.3 Å². The fraction of sp³-hybridized carbons (Fsp3) is 0.158. The average molecular weight is 417 g/mol. The highest BCUT2D eigenvalue weighted by atomic mass is 32.1. The van der Waals surface area contributed by atoms with Gasteiger partial charge in [-0.05, 0) is 60.8 Å². The van der Waals surface area contributed by atoms with E-state index in [-0.39, 0.29) is 22.0 Å². The van der Waals surface area contributed by atoms with Crippen molar-refractivity contribution in [3.05, 3.63) is 54.1 Å². The van der Waals surface area contributed by atoms with Crippen molar-refractivity contribution in [1.82, 2.24) is 10.6 Å². The molecule has 28 heavy (non-hydrogen) atoms. The number of methoxy groups -OCH3 is 1. The number of amides is 2. The fourth-order valence-electron chi connectivity index (χ4n) is 2.18. The fourth-order valence-corrected chi connectivity index (χ4v) is 2.62. The summed E-state index contributed by atoms with van der Waals surface area (Å²) in [7, 11) is 1.50. The molecule has 0 aromatic heterocycles. The van der Waals surface area contributed by atoms with E-state index < -0.39 is 0 Å². The molecular weight excluding hydrogens is 396 g/mol. The second-order valence-corrected chi connectivity index (χ2v) is 6.36. The molecule has 7 nitrogen and oxygen atoms in total. The van der Waals surface area contributed by atoms with Crippen molar-refractivity contribution in [2.75, 3.05) is 17.7 Å². The van der Waals surface area contributed by atoms with E-state index >= 15 is 0 Å². The molecule has 0 spiro atoms. The molecule has 0 heterocycles. The molecule has 0 atom stereocenters. The van der Waals surface area contributed by atoms with Gasteiger partial charge in [0, 0.05) is 17.8 Å². The molecule has 0 saturated carbocycles. The number of para-hydroxylation sites is 1. The smallest absolute Gasteiger partial charge is 0.261 e. The number of thiocarbonyl (C=S) groups is 2. The van der Waals surface area contributed by atoms with Crippen molar-refractivity contribution < 1.29 is 14.3 Å². The highest BCUT2D eigenvalue weighted by molar-refractivity contribution is 7.80. The normalized spacial score (nSPS) is 9.79. The van der Waals surface area contributed by atoms with Crippen LogP contribution in [0.4, 0.5) is 11.4 Å². The van der Waals surface area contributed by atoms with Crippen LogP contribution >= 0.6 is 24.4 Å². The minimum Gasteiger partial charge on any atom is -0.496 e. The van der Waals surface area contributed by atoms with Crippen LogP contribution in [-0.4, -0.2) is 29.1 Å². The quantitative estimate of drug-likeness (QED) is 0.557. The predicted octanol–water partition coefficient (Wildman–Crippen LogP) is 3.05. The molecule has 2 rings (SSSR count). The third kappa shape index (κ3) is 6.29. The summed E-state index contributed by atoms with van der Waals surface area (Å²) < 4.78 is 5.17. The number of hydrogen-bond donors (Lipinski definition) is 4. The molecule has 2 aromatic rings. The highest BCUT2D eigenvalue weighted by Gasteiger charge is 2.13. The molecule has 0 fully saturated rings. The Morgan fingerprint density at radius 3 is 1.96 bits per heavy atom. The van der Waals surface area contributed by atoms with Crippen molar-refractivity contribution >= 4 is 57.8 Å². The molecule has 2 aromatic carbocycles. The first-order chi connectivity index (χ1) is 13.4. The van der Waals surface area contributed by atoms with E-state index in [1.807, 2.05) is 0 Å². The van der Waals surface area contributed by atoms with Crippen LogP contribution in [0.1, 0.15) is 23.7 Å². The summed E-state index contributed by atoms with van der Waals surface area (Å²) >= 11 is 10.2. The Hall–Kier alpha value is -3.04. The zero-order valence-electron chi connectivity index (χ0n) is 15.4. The molecule has 4 N–H and O–H groups in total. The number of carbonyl (C=O) groups excluding carboxylic acids is 2. The SMILES string of the molecule is CCC(=O)NC(=S)Nc1ccc(NC(=S)NC(=O)c2ccccc2OC)cc1. The van der Waals surface area contributed by atoms with E-state index in [0.717, 1.165) is 0 Å². The first-order valence-corrected chi connectivity index (χ1v) is 9.20. The molecule has 0 bridgehead atoms. The molecule has 0 unspecified atom stereocenters. The van der Waals surface area contributed by atoms with Crippen LogP contribution in [0.15, 0.2) is 48.5 Å². The van der Waals surface area contributed by atoms with E-state index in [9.17, 15) is 9.59 Å². The summed E-state index contributed by atoms with van der Waals surface area (Å²) in [6.07, 6.45) is 0.350. The standard InChI is InChI=1S/C19H20N4O3S2/c1-3-16(24)22-18(27)20-12-8-10-13(11-9-12)21-19(28)23-17(25)14-6-4-5-7-15(14)26-2/h4-11H,3H2,1-2H3,(H2,20,22,24,27)(H2,21,23,25,28). The van der Waals surface area contributed by atoms with Gasteiger partial charge < -0.3 is 20.7 Å². The van der Waals surface area contributed by atoms with Crippen LogP contribution in [0.5, 0.6) is 5.75 Å². The Labute approximate surface area is 173 Å². The van der Waals surface area contributed by atoms with Gasteiger partial charge in [0.05, 0.1) is 12.7 Å². The third-order valence-electron chi connectivity index (χ3n) is 3.55. The number of benzene rings is 2. The zero-order chi connectivity index (χ0) is 20.5. The summed E-state index contributed by atoms with van der Waals surface area (Å²) in [6, 6.07) is 13.9. The van der Waals surface area contributed by atoms with Crippen molar-refractivity contribution in [2.24, 2.45) is 0 Å². The number of rotatable bonds is 5. The molecule has 0 aliphatic carbocycles. The number of nitrogens with one attached hydrogen (secondary N) is 4. The summed E-state index contributed by atoms with van der Waals surface area (Å²) in [5.41, 5.74) is 1.77. The Bertz CT molecular complexity index is 885. The second-order valence-electron chi connectivity index (χ2n) is 5.54. The van der Waals surface area contributed by atoms with Gasteiger partial charge in [-0.3, -0.25) is 14.9 Å². The van der Waals surface area contributed by atoms with Crippen LogP contribution in [0.25, 0.3) is 0 Å². The summed E-state index contributed by atoms with van der Waals surface area (Å²) in [4.78, 5) is 23.6. The van der Waals surface area contributed by atoms with Crippen molar-refractivity contribution in [3.63, 3.8) is 0 Å². The molecular formula is C19H20N4O3S2. The number of anilines is 2. The molecule has 0 radical (unpaired) electrons. The van der Waals surface area contributed by atoms with Crippen molar-refractivity contribution in [1.29, 1.82) is 0 Å². The molecule has 0 aliphatic rings. The van der Waals surface area contributed by atoms with E-state index in [1.165, 1.54) is 7.11 Å². The predicted molar refractivity (Wildman–Crippen MR) is 118 cm³/mol. The summed E-state index contributed by atoms with van der Waals surface area (Å²) in [5.74, 6) is -0.0680. The number of carbonyl (C=O) groups is 2. The topological polar surface area (TPSA) is 91.5 Å². The maximum atomic E-state index is 12.3. The van der Waals surface area contributed by atoms with Gasteiger partial charge in [0.2, 0.25) is 5.91 Å². The first-order valence-electron chi connectivity index (χ1n) is 8.39. The lowest BCUT2D eigenvalue weighted by atomic mass is 10.2. The van der Waals surface area contributed by atoms with Gasteiger partial charge in [-0.2, -0.15) is 0 Å². The van der Waals surface area contributed by atoms with Crippen LogP contribution in [0, 0.1) is 0 Å². The maximum Gasteiger partial charge on any atom is 0.261 e. The third-order valence-corrected chi connectivity index (χ3v) is 3.96. The maximum absolute atomic E-state index is 12.3. The van der Waals surface area contributed by atoms with Crippen LogP contribution in [0.3, 0.4) is 0 Å². The van der Waals surface area contributed by atoms with E-state index in [1.54, 1.807) is 55.5 Å². The number of hydrogen-bond acceptors (Lipinski definition) is 5. The molecule has 0 aliphatic heterocycles. The van der Waals surface area contributed by atoms with Gasteiger partial charge in [-0.15, -0.1) is 0 Å². The molecule has 146 valence electrons. The molecule has 9 heteroatoms. The summed E-state index contributed by atoms with van der Waals surface area (Å²) in [6.45, 7) is 1.74. The van der Waals surface area contributed by atoms with E-state index in [4.69, 9.17) is 29.2 Å². The monoisotopic (exact) mass is 416 g/mol. The average Bonchev–Trinajstić information content (AvgIpc) is 2.69. The first kappa shape index (κ1) is 21.3. The van der Waals surface area contributed by atoms with Crippen LogP contribution in [0.2, 0.25) is 0 Å². The minimum absolute atomic E-state index is 0.155. The van der Waals surface area contributed by atoms with Gasteiger partial charge in [0.15, 0.2) is 10.2 Å². The zero-order valence-corrected chi connectivity index (χ0v) is 17.0. The highest BCUT2D eigenvalue weighted by Crippen LogP contribution is 2.17. The van der Waals surface area contributed by atoms with Gasteiger partial charge in [0.25, 0.3) is 5.91 Å². The van der Waals surface area contributed by atoms with Gasteiger partial charge in [-0.25, -0.2) is 0 Å². The molecule has 2 amide bonds. The number of ether oxygens (including phenoxy) is 1. The lowest BCUT2D eigenvalue weighted by Gasteiger charge is -2.12. The van der Waals surface area contributed by atoms with E-state index in [0.29, 0.717) is 29.1 Å². The van der Waals surface area contributed by atoms with Gasteiger partial charge in [0.1, 0.15) is 5.75 Å². The Kier molecular flexibility index (Phi) is 7.85. The lowest BCUT2D eigenvalue weighted by molar-refractivity contribution is -0.119. The lowest BCUT2D eigenvalue weighted by Crippen LogP contribution is -2.34.